The van der Waals surface area contributed by atoms with Gasteiger partial charge in [-0.3, -0.25) is 9.59 Å². The Morgan fingerprint density at radius 2 is 1.68 bits per heavy atom. The lowest BCUT2D eigenvalue weighted by atomic mass is 10.0. The minimum absolute atomic E-state index is 0.0554. The first-order valence-electron chi connectivity index (χ1n) is 8.70. The molecule has 0 unspecified atom stereocenters. The lowest BCUT2D eigenvalue weighted by Gasteiger charge is -2.41. The lowest BCUT2D eigenvalue weighted by molar-refractivity contribution is -0.141. The van der Waals surface area contributed by atoms with Gasteiger partial charge in [0, 0.05) is 26.6 Å². The van der Waals surface area contributed by atoms with Gasteiger partial charge in [-0.15, -0.1) is 0 Å². The van der Waals surface area contributed by atoms with Gasteiger partial charge in [0.05, 0.1) is 12.5 Å². The zero-order valence-corrected chi connectivity index (χ0v) is 14.8. The molecule has 25 heavy (non-hydrogen) atoms. The number of hydrogen-bond donors (Lipinski definition) is 0. The Labute approximate surface area is 149 Å². The molecule has 3 rings (SSSR count). The van der Waals surface area contributed by atoms with E-state index in [1.807, 2.05) is 71.3 Å². The Morgan fingerprint density at radius 1 is 1.00 bits per heavy atom. The smallest absolute Gasteiger partial charge is 0.227 e. The van der Waals surface area contributed by atoms with Crippen LogP contribution in [0, 0.1) is 6.92 Å². The molecule has 1 atom stereocenters. The van der Waals surface area contributed by atoms with E-state index in [1.54, 1.807) is 6.92 Å². The molecule has 2 aromatic rings. The average Bonchev–Trinajstić information content (AvgIpc) is 2.63. The maximum Gasteiger partial charge on any atom is 0.227 e. The van der Waals surface area contributed by atoms with Gasteiger partial charge in [0.2, 0.25) is 11.8 Å². The summed E-state index contributed by atoms with van der Waals surface area (Å²) >= 11 is 0. The van der Waals surface area contributed by atoms with Crippen molar-refractivity contribution >= 4 is 11.8 Å². The van der Waals surface area contributed by atoms with Gasteiger partial charge in [0.15, 0.2) is 0 Å². The summed E-state index contributed by atoms with van der Waals surface area (Å²) in [7, 11) is 0. The molecule has 4 heteroatoms. The lowest BCUT2D eigenvalue weighted by Crippen LogP contribution is -2.52. The van der Waals surface area contributed by atoms with Crippen LogP contribution in [0.1, 0.15) is 29.7 Å². The molecule has 1 aliphatic heterocycles. The summed E-state index contributed by atoms with van der Waals surface area (Å²) in [6.07, 6.45) is 0.411. The van der Waals surface area contributed by atoms with E-state index in [-0.39, 0.29) is 17.9 Å². The van der Waals surface area contributed by atoms with Gasteiger partial charge in [-0.25, -0.2) is 0 Å². The van der Waals surface area contributed by atoms with Crippen molar-refractivity contribution in [3.63, 3.8) is 0 Å². The Hall–Kier alpha value is -2.62. The van der Waals surface area contributed by atoms with E-state index in [1.165, 1.54) is 0 Å². The molecule has 1 aliphatic rings. The van der Waals surface area contributed by atoms with Crippen LogP contribution in [0.5, 0.6) is 0 Å². The van der Waals surface area contributed by atoms with Crippen LogP contribution in [-0.2, 0) is 16.0 Å². The fourth-order valence-electron chi connectivity index (χ4n) is 3.43. The van der Waals surface area contributed by atoms with E-state index >= 15 is 0 Å². The average molecular weight is 336 g/mol. The molecule has 0 N–H and O–H groups in total. The fourth-order valence-corrected chi connectivity index (χ4v) is 3.43. The molecule has 1 saturated heterocycles. The molecule has 0 saturated carbocycles. The molecule has 130 valence electrons. The molecule has 0 radical (unpaired) electrons. The number of hydrogen-bond acceptors (Lipinski definition) is 2. The predicted octanol–water partition coefficient (Wildman–Crippen LogP) is 2.97. The summed E-state index contributed by atoms with van der Waals surface area (Å²) in [6.45, 7) is 5.35. The number of piperazine rings is 1. The van der Waals surface area contributed by atoms with Gasteiger partial charge in [0.25, 0.3) is 0 Å². The Bertz CT molecular complexity index is 758. The molecule has 1 heterocycles. The molecule has 4 nitrogen and oxygen atoms in total. The summed E-state index contributed by atoms with van der Waals surface area (Å²) in [4.78, 5) is 28.6. The highest BCUT2D eigenvalue weighted by molar-refractivity contribution is 5.80. The number of carbonyl (C=O) groups is 2. The first-order valence-corrected chi connectivity index (χ1v) is 8.70. The van der Waals surface area contributed by atoms with Crippen LogP contribution in [0.4, 0.5) is 0 Å². The van der Waals surface area contributed by atoms with E-state index in [0.29, 0.717) is 26.1 Å². The van der Waals surface area contributed by atoms with Crippen LogP contribution in [-0.4, -0.2) is 41.2 Å². The van der Waals surface area contributed by atoms with Gasteiger partial charge in [-0.1, -0.05) is 54.6 Å². The fraction of sp³-hybridized carbons (Fsp3) is 0.333. The topological polar surface area (TPSA) is 40.6 Å². The zero-order valence-electron chi connectivity index (χ0n) is 14.8. The van der Waals surface area contributed by atoms with Crippen LogP contribution in [0.3, 0.4) is 0 Å². The van der Waals surface area contributed by atoms with Crippen LogP contribution in [0.15, 0.2) is 54.6 Å². The van der Waals surface area contributed by atoms with Crippen LogP contribution < -0.4 is 0 Å². The highest BCUT2D eigenvalue weighted by Gasteiger charge is 2.31. The molecule has 2 amide bonds. The second-order valence-corrected chi connectivity index (χ2v) is 6.58. The van der Waals surface area contributed by atoms with E-state index in [9.17, 15) is 9.59 Å². The van der Waals surface area contributed by atoms with Gasteiger partial charge < -0.3 is 9.80 Å². The molecular formula is C21H24N2O2. The molecule has 1 fully saturated rings. The number of aryl methyl sites for hydroxylation is 1. The van der Waals surface area contributed by atoms with E-state index < -0.39 is 0 Å². The van der Waals surface area contributed by atoms with Gasteiger partial charge in [0.1, 0.15) is 0 Å². The summed E-state index contributed by atoms with van der Waals surface area (Å²) in [5.41, 5.74) is 3.28. The molecule has 2 aromatic carbocycles. The van der Waals surface area contributed by atoms with E-state index in [0.717, 1.165) is 16.7 Å². The van der Waals surface area contributed by atoms with Crippen molar-refractivity contribution in [1.29, 1.82) is 0 Å². The van der Waals surface area contributed by atoms with Crippen molar-refractivity contribution in [1.82, 2.24) is 9.80 Å². The van der Waals surface area contributed by atoms with Crippen molar-refractivity contribution < 1.29 is 9.59 Å². The monoisotopic (exact) mass is 336 g/mol. The summed E-state index contributed by atoms with van der Waals surface area (Å²) < 4.78 is 0. The van der Waals surface area contributed by atoms with Crippen LogP contribution >= 0.6 is 0 Å². The highest BCUT2D eigenvalue weighted by atomic mass is 16.2. The largest absolute Gasteiger partial charge is 0.338 e. The minimum atomic E-state index is -0.0757. The number of rotatable bonds is 3. The number of amides is 2. The quantitative estimate of drug-likeness (QED) is 0.864. The highest BCUT2D eigenvalue weighted by Crippen LogP contribution is 2.26. The number of nitrogens with zero attached hydrogens (tertiary/aromatic N) is 2. The third-order valence-corrected chi connectivity index (χ3v) is 4.92. The Kier molecular flexibility index (Phi) is 5.17. The van der Waals surface area contributed by atoms with E-state index in [2.05, 4.69) is 0 Å². The van der Waals surface area contributed by atoms with Crippen molar-refractivity contribution in [3.8, 4) is 0 Å². The SMILES string of the molecule is CC(=O)N1CCN(C(=O)Cc2ccccc2C)C[C@@H]1c1ccccc1. The van der Waals surface area contributed by atoms with Crippen molar-refractivity contribution in [2.75, 3.05) is 19.6 Å². The van der Waals surface area contributed by atoms with Crippen LogP contribution in [0.25, 0.3) is 0 Å². The van der Waals surface area contributed by atoms with Gasteiger partial charge >= 0.3 is 0 Å². The van der Waals surface area contributed by atoms with Crippen molar-refractivity contribution in [2.24, 2.45) is 0 Å². The van der Waals surface area contributed by atoms with Crippen molar-refractivity contribution in [2.45, 2.75) is 26.3 Å². The first kappa shape index (κ1) is 17.2. The molecule has 0 bridgehead atoms. The minimum Gasteiger partial charge on any atom is -0.338 e. The predicted molar refractivity (Wildman–Crippen MR) is 98.0 cm³/mol. The number of carbonyl (C=O) groups excluding carboxylic acids is 2. The molecular weight excluding hydrogens is 312 g/mol. The summed E-state index contributed by atoms with van der Waals surface area (Å²) in [5, 5.41) is 0. The standard InChI is InChI=1S/C21H24N2O2/c1-16-8-6-7-11-19(16)14-21(25)22-12-13-23(17(2)24)20(15-22)18-9-4-3-5-10-18/h3-11,20H,12-15H2,1-2H3/t20-/m1/s1. The van der Waals surface area contributed by atoms with Gasteiger partial charge in [-0.2, -0.15) is 0 Å². The molecule has 0 aliphatic carbocycles. The van der Waals surface area contributed by atoms with E-state index in [4.69, 9.17) is 0 Å². The van der Waals surface area contributed by atoms with Crippen molar-refractivity contribution in [3.05, 3.63) is 71.3 Å². The second-order valence-electron chi connectivity index (χ2n) is 6.58. The summed E-state index contributed by atoms with van der Waals surface area (Å²) in [5.74, 6) is 0.179. The normalized spacial score (nSPS) is 17.4. The molecule has 0 aromatic heterocycles. The zero-order chi connectivity index (χ0) is 17.8. The van der Waals surface area contributed by atoms with Gasteiger partial charge in [-0.05, 0) is 23.6 Å². The first-order chi connectivity index (χ1) is 12.1. The maximum atomic E-state index is 12.8. The Balaban J connectivity index is 1.77. The third-order valence-electron chi connectivity index (χ3n) is 4.92. The maximum absolute atomic E-state index is 12.8. The Morgan fingerprint density at radius 3 is 2.36 bits per heavy atom. The molecule has 0 spiro atoms. The third kappa shape index (κ3) is 3.90. The summed E-state index contributed by atoms with van der Waals surface area (Å²) in [6, 6.07) is 17.9. The van der Waals surface area contributed by atoms with Crippen LogP contribution in [0.2, 0.25) is 0 Å². The number of benzene rings is 2. The second kappa shape index (κ2) is 7.51.